The van der Waals surface area contributed by atoms with Gasteiger partial charge in [0.2, 0.25) is 5.91 Å². The Morgan fingerprint density at radius 1 is 1.10 bits per heavy atom. The highest BCUT2D eigenvalue weighted by Crippen LogP contribution is 2.25. The van der Waals surface area contributed by atoms with E-state index in [1.165, 1.54) is 0 Å². The minimum Gasteiger partial charge on any atom is -0.372 e. The number of rotatable bonds is 8. The van der Waals surface area contributed by atoms with Crippen molar-refractivity contribution >= 4 is 32.7 Å². The fraction of sp³-hybridized carbons (Fsp3) is 0.500. The fourth-order valence-electron chi connectivity index (χ4n) is 5.43. The van der Waals surface area contributed by atoms with Gasteiger partial charge < -0.3 is 15.0 Å². The van der Waals surface area contributed by atoms with Crippen molar-refractivity contribution in [3.8, 4) is 11.4 Å². The molecule has 5 rings (SSSR count). The van der Waals surface area contributed by atoms with E-state index in [0.29, 0.717) is 29.7 Å². The average molecular weight is 589 g/mol. The molecule has 41 heavy (non-hydrogen) atoms. The quantitative estimate of drug-likeness (QED) is 0.426. The second-order valence-corrected chi connectivity index (χ2v) is 12.7. The molecule has 2 aliphatic rings. The molecule has 0 aliphatic carbocycles. The number of aromatic nitrogens is 3. The molecule has 2 saturated heterocycles. The van der Waals surface area contributed by atoms with E-state index in [1.54, 1.807) is 12.3 Å². The number of carbonyl (C=O) groups is 1. The molecule has 0 bridgehead atoms. The summed E-state index contributed by atoms with van der Waals surface area (Å²) in [6.07, 6.45) is 3.03. The standard InChI is InChI=1S/C28H34F2N6O4S/c1-18-15-35(16-19(2)40-18)26-7-3-6-23(34-26)24-9-8-21-14-31-22(11-25(21)33-24)12-27(37)32-13-20-5-4-10-36(17-20)41(38,39)28(29)30/h3,6-9,11,14,18-20,28H,4-5,10,12-13,15-17H2,1-2H3,(H,32,37)/t18-,19+,20?. The van der Waals surface area contributed by atoms with Crippen LogP contribution in [0.25, 0.3) is 22.3 Å². The number of piperidine rings is 1. The molecule has 0 spiro atoms. The second-order valence-electron chi connectivity index (χ2n) is 10.8. The molecule has 1 N–H and O–H groups in total. The average Bonchev–Trinajstić information content (AvgIpc) is 2.95. The van der Waals surface area contributed by atoms with E-state index in [4.69, 9.17) is 14.7 Å². The number of pyridine rings is 3. The van der Waals surface area contributed by atoms with Crippen molar-refractivity contribution in [1.29, 1.82) is 0 Å². The lowest BCUT2D eigenvalue weighted by molar-refractivity contribution is -0.120. The van der Waals surface area contributed by atoms with Gasteiger partial charge in [0.15, 0.2) is 0 Å². The van der Waals surface area contributed by atoms with Gasteiger partial charge in [-0.05, 0) is 62.9 Å². The summed E-state index contributed by atoms with van der Waals surface area (Å²) in [7, 11) is -4.62. The molecule has 0 saturated carbocycles. The van der Waals surface area contributed by atoms with Crippen molar-refractivity contribution in [2.75, 3.05) is 37.6 Å². The Balaban J connectivity index is 1.23. The van der Waals surface area contributed by atoms with Gasteiger partial charge in [-0.15, -0.1) is 0 Å². The Hall–Kier alpha value is -3.29. The molecule has 13 heteroatoms. The number of alkyl halides is 2. The van der Waals surface area contributed by atoms with Gasteiger partial charge in [0, 0.05) is 44.3 Å². The third-order valence-corrected chi connectivity index (χ3v) is 8.87. The molecule has 5 heterocycles. The van der Waals surface area contributed by atoms with E-state index in [9.17, 15) is 22.0 Å². The van der Waals surface area contributed by atoms with Crippen molar-refractivity contribution in [2.24, 2.45) is 5.92 Å². The predicted molar refractivity (Wildman–Crippen MR) is 151 cm³/mol. The molecule has 3 atom stereocenters. The first kappa shape index (κ1) is 29.2. The number of ether oxygens (including phenoxy) is 1. The molecule has 220 valence electrons. The minimum absolute atomic E-state index is 0.00868. The van der Waals surface area contributed by atoms with Crippen LogP contribution in [0.5, 0.6) is 0 Å². The normalized spacial score (nSPS) is 22.3. The van der Waals surface area contributed by atoms with Crippen LogP contribution in [0.2, 0.25) is 0 Å². The minimum atomic E-state index is -4.62. The number of nitrogens with one attached hydrogen (secondary N) is 1. The first-order chi connectivity index (χ1) is 19.6. The van der Waals surface area contributed by atoms with Gasteiger partial charge in [0.1, 0.15) is 5.82 Å². The molecule has 3 aromatic heterocycles. The van der Waals surface area contributed by atoms with Crippen LogP contribution in [-0.2, 0) is 26.0 Å². The number of hydrogen-bond donors (Lipinski definition) is 1. The first-order valence-electron chi connectivity index (χ1n) is 13.8. The number of carbonyl (C=O) groups excluding carboxylic acids is 1. The van der Waals surface area contributed by atoms with Crippen molar-refractivity contribution in [2.45, 2.75) is 51.1 Å². The van der Waals surface area contributed by atoms with E-state index >= 15 is 0 Å². The SMILES string of the molecule is C[C@@H]1CN(c2cccc(-c3ccc4cnc(CC(=O)NCC5CCCN(S(=O)(=O)C(F)F)C5)cc4n3)n2)C[C@H](C)O1. The zero-order chi connectivity index (χ0) is 29.1. The van der Waals surface area contributed by atoms with Gasteiger partial charge in [-0.25, -0.2) is 18.4 Å². The lowest BCUT2D eigenvalue weighted by Gasteiger charge is -2.36. The van der Waals surface area contributed by atoms with E-state index in [1.807, 2.05) is 30.3 Å². The number of anilines is 1. The van der Waals surface area contributed by atoms with Crippen LogP contribution in [-0.4, -0.2) is 84.3 Å². The van der Waals surface area contributed by atoms with Crippen molar-refractivity contribution in [1.82, 2.24) is 24.6 Å². The number of hydrogen-bond acceptors (Lipinski definition) is 8. The molecular formula is C28H34F2N6O4S. The summed E-state index contributed by atoms with van der Waals surface area (Å²) in [4.78, 5) is 28.9. The molecular weight excluding hydrogens is 554 g/mol. The summed E-state index contributed by atoms with van der Waals surface area (Å²) in [5.41, 5.74) is 2.66. The first-order valence-corrected chi connectivity index (χ1v) is 15.3. The third-order valence-electron chi connectivity index (χ3n) is 7.37. The highest BCUT2D eigenvalue weighted by Gasteiger charge is 2.35. The van der Waals surface area contributed by atoms with Crippen LogP contribution in [0.4, 0.5) is 14.6 Å². The molecule has 3 aromatic rings. The Bertz CT molecular complexity index is 1500. The summed E-state index contributed by atoms with van der Waals surface area (Å²) in [5.74, 6) is -3.10. The monoisotopic (exact) mass is 588 g/mol. The van der Waals surface area contributed by atoms with Crippen LogP contribution in [0.15, 0.2) is 42.6 Å². The zero-order valence-electron chi connectivity index (χ0n) is 23.0. The topological polar surface area (TPSA) is 118 Å². The highest BCUT2D eigenvalue weighted by atomic mass is 32.2. The van der Waals surface area contributed by atoms with Gasteiger partial charge in [-0.3, -0.25) is 9.78 Å². The molecule has 10 nitrogen and oxygen atoms in total. The number of sulfonamides is 1. The van der Waals surface area contributed by atoms with Gasteiger partial charge in [0.25, 0.3) is 10.0 Å². The van der Waals surface area contributed by atoms with E-state index in [-0.39, 0.29) is 50.1 Å². The largest absolute Gasteiger partial charge is 0.372 e. The Morgan fingerprint density at radius 2 is 1.85 bits per heavy atom. The maximum Gasteiger partial charge on any atom is 0.350 e. The maximum absolute atomic E-state index is 12.9. The Kier molecular flexibility index (Phi) is 8.76. The van der Waals surface area contributed by atoms with Crippen LogP contribution < -0.4 is 10.2 Å². The summed E-state index contributed by atoms with van der Waals surface area (Å²) in [6.45, 7) is 5.86. The molecule has 1 unspecified atom stereocenters. The van der Waals surface area contributed by atoms with Crippen molar-refractivity contribution in [3.05, 3.63) is 48.3 Å². The van der Waals surface area contributed by atoms with Gasteiger partial charge in [-0.2, -0.15) is 13.1 Å². The smallest absolute Gasteiger partial charge is 0.350 e. The molecule has 0 aromatic carbocycles. The van der Waals surface area contributed by atoms with E-state index in [2.05, 4.69) is 29.0 Å². The van der Waals surface area contributed by atoms with E-state index < -0.39 is 15.8 Å². The molecule has 2 fully saturated rings. The highest BCUT2D eigenvalue weighted by molar-refractivity contribution is 7.89. The molecule has 0 radical (unpaired) electrons. The summed E-state index contributed by atoms with van der Waals surface area (Å²) < 4.78 is 56.1. The number of halogens is 2. The summed E-state index contributed by atoms with van der Waals surface area (Å²) in [5, 5.41) is 3.63. The Labute approximate surface area is 238 Å². The number of morpholine rings is 1. The lowest BCUT2D eigenvalue weighted by atomic mass is 9.99. The van der Waals surface area contributed by atoms with Crippen molar-refractivity contribution < 1.29 is 26.7 Å². The third kappa shape index (κ3) is 6.96. The summed E-state index contributed by atoms with van der Waals surface area (Å²) >= 11 is 0. The number of amides is 1. The molecule has 1 amide bonds. The molecule has 2 aliphatic heterocycles. The zero-order valence-corrected chi connectivity index (χ0v) is 23.9. The predicted octanol–water partition coefficient (Wildman–Crippen LogP) is 3.23. The summed E-state index contributed by atoms with van der Waals surface area (Å²) in [6, 6.07) is 11.5. The van der Waals surface area contributed by atoms with E-state index in [0.717, 1.165) is 34.3 Å². The Morgan fingerprint density at radius 3 is 2.61 bits per heavy atom. The second kappa shape index (κ2) is 12.3. The number of fused-ring (bicyclic) bond motifs is 1. The number of nitrogens with zero attached hydrogens (tertiary/aromatic N) is 5. The van der Waals surface area contributed by atoms with Crippen LogP contribution in [0, 0.1) is 5.92 Å². The van der Waals surface area contributed by atoms with Crippen molar-refractivity contribution in [3.63, 3.8) is 0 Å². The van der Waals surface area contributed by atoms with Gasteiger partial charge >= 0.3 is 5.76 Å². The fourth-order valence-corrected chi connectivity index (χ4v) is 6.45. The van der Waals surface area contributed by atoms with Crippen LogP contribution in [0.1, 0.15) is 32.4 Å². The van der Waals surface area contributed by atoms with Crippen LogP contribution in [0.3, 0.4) is 0 Å². The van der Waals surface area contributed by atoms with Crippen LogP contribution >= 0.6 is 0 Å². The lowest BCUT2D eigenvalue weighted by Crippen LogP contribution is -2.45. The van der Waals surface area contributed by atoms with Gasteiger partial charge in [0.05, 0.1) is 41.2 Å². The van der Waals surface area contributed by atoms with Gasteiger partial charge in [-0.1, -0.05) is 6.07 Å². The maximum atomic E-state index is 12.9.